The second-order valence-corrected chi connectivity index (χ2v) is 5.35. The summed E-state index contributed by atoms with van der Waals surface area (Å²) in [6, 6.07) is 3.63. The number of nitrogens with one attached hydrogen (secondary N) is 2. The number of amides is 1. The highest BCUT2D eigenvalue weighted by Crippen LogP contribution is 2.09. The highest BCUT2D eigenvalue weighted by molar-refractivity contribution is 6.45. The molecular weight excluding hydrogens is 314 g/mol. The fourth-order valence-corrected chi connectivity index (χ4v) is 1.89. The first-order valence-electron chi connectivity index (χ1n) is 7.32. The molecule has 0 heterocycles. The zero-order chi connectivity index (χ0) is 18.3. The number of aliphatic imine (C=N–C) groups is 1. The van der Waals surface area contributed by atoms with Crippen LogP contribution in [-0.2, 0) is 11.3 Å². The summed E-state index contributed by atoms with van der Waals surface area (Å²) >= 11 is 0. The smallest absolute Gasteiger partial charge is 0.275 e. The molecule has 0 radical (unpaired) electrons. The van der Waals surface area contributed by atoms with Gasteiger partial charge >= 0.3 is 0 Å². The van der Waals surface area contributed by atoms with Gasteiger partial charge in [-0.25, -0.2) is 8.78 Å². The predicted molar refractivity (Wildman–Crippen MR) is 91.0 cm³/mol. The molecule has 1 aromatic carbocycles. The third-order valence-corrected chi connectivity index (χ3v) is 3.25. The Kier molecular flexibility index (Phi) is 7.10. The van der Waals surface area contributed by atoms with E-state index in [-0.39, 0.29) is 12.3 Å². The predicted octanol–water partition coefficient (Wildman–Crippen LogP) is 2.36. The Morgan fingerprint density at radius 3 is 2.42 bits per heavy atom. The summed E-state index contributed by atoms with van der Waals surface area (Å²) in [6.07, 6.45) is 1.30. The van der Waals surface area contributed by atoms with Crippen LogP contribution in [0.2, 0.25) is 0 Å². The van der Waals surface area contributed by atoms with Gasteiger partial charge in [-0.15, -0.1) is 0 Å². The minimum atomic E-state index is -0.916. The molecular formula is C17H22F2N4O. The number of benzene rings is 1. The molecule has 0 aliphatic rings. The number of carbonyl (C=O) groups is 1. The lowest BCUT2D eigenvalue weighted by Gasteiger charge is -2.15. The van der Waals surface area contributed by atoms with E-state index in [0.29, 0.717) is 17.0 Å². The van der Waals surface area contributed by atoms with Crippen molar-refractivity contribution < 1.29 is 13.6 Å². The summed E-state index contributed by atoms with van der Waals surface area (Å²) in [5, 5.41) is 5.72. The molecule has 0 atom stereocenters. The third-order valence-electron chi connectivity index (χ3n) is 3.25. The van der Waals surface area contributed by atoms with Crippen molar-refractivity contribution in [1.29, 1.82) is 0 Å². The Labute approximate surface area is 140 Å². The summed E-state index contributed by atoms with van der Waals surface area (Å²) in [5.41, 5.74) is 7.54. The maximum Gasteiger partial charge on any atom is 0.275 e. The van der Waals surface area contributed by atoms with Gasteiger partial charge in [-0.05, 0) is 55.8 Å². The lowest BCUT2D eigenvalue weighted by Crippen LogP contribution is -2.37. The van der Waals surface area contributed by atoms with Crippen LogP contribution >= 0.6 is 0 Å². The van der Waals surface area contributed by atoms with Gasteiger partial charge in [0.05, 0.1) is 0 Å². The van der Waals surface area contributed by atoms with Crippen LogP contribution in [0.3, 0.4) is 0 Å². The fraction of sp³-hybridized carbons (Fsp3) is 0.294. The monoisotopic (exact) mass is 336 g/mol. The van der Waals surface area contributed by atoms with Crippen molar-refractivity contribution in [3.05, 3.63) is 58.6 Å². The van der Waals surface area contributed by atoms with Crippen molar-refractivity contribution in [2.45, 2.75) is 27.3 Å². The van der Waals surface area contributed by atoms with Crippen LogP contribution in [0.5, 0.6) is 0 Å². The molecule has 5 nitrogen and oxygen atoms in total. The summed E-state index contributed by atoms with van der Waals surface area (Å²) < 4.78 is 26.2. The van der Waals surface area contributed by atoms with E-state index in [2.05, 4.69) is 15.6 Å². The Morgan fingerprint density at radius 2 is 1.92 bits per heavy atom. The van der Waals surface area contributed by atoms with Crippen molar-refractivity contribution >= 4 is 11.6 Å². The first-order chi connectivity index (χ1) is 11.3. The molecule has 1 rings (SSSR count). The first-order valence-corrected chi connectivity index (χ1v) is 7.32. The summed E-state index contributed by atoms with van der Waals surface area (Å²) in [6.45, 7) is 5.52. The molecule has 4 N–H and O–H groups in total. The largest absolute Gasteiger partial charge is 0.404 e. The van der Waals surface area contributed by atoms with E-state index in [1.807, 2.05) is 13.8 Å². The Bertz CT molecular complexity index is 705. The molecule has 7 heteroatoms. The first kappa shape index (κ1) is 19.3. The lowest BCUT2D eigenvalue weighted by molar-refractivity contribution is -0.114. The number of hydrogen-bond donors (Lipinski definition) is 3. The Hall–Kier alpha value is -2.70. The van der Waals surface area contributed by atoms with Gasteiger partial charge in [0, 0.05) is 13.6 Å². The Morgan fingerprint density at radius 1 is 1.25 bits per heavy atom. The second kappa shape index (κ2) is 8.81. The molecule has 0 saturated heterocycles. The van der Waals surface area contributed by atoms with E-state index in [4.69, 9.17) is 5.73 Å². The van der Waals surface area contributed by atoms with E-state index in [9.17, 15) is 13.6 Å². The average molecular weight is 336 g/mol. The van der Waals surface area contributed by atoms with Gasteiger partial charge in [-0.3, -0.25) is 9.79 Å². The molecule has 1 aromatic rings. The van der Waals surface area contributed by atoms with Crippen LogP contribution in [0.25, 0.3) is 0 Å². The van der Waals surface area contributed by atoms with Crippen LogP contribution in [0.1, 0.15) is 26.3 Å². The summed E-state index contributed by atoms with van der Waals surface area (Å²) in [7, 11) is 1.50. The van der Waals surface area contributed by atoms with Gasteiger partial charge in [0.2, 0.25) is 0 Å². The highest BCUT2D eigenvalue weighted by Gasteiger charge is 2.14. The molecule has 0 unspecified atom stereocenters. The second-order valence-electron chi connectivity index (χ2n) is 5.35. The highest BCUT2D eigenvalue weighted by atomic mass is 19.2. The van der Waals surface area contributed by atoms with E-state index in [1.54, 1.807) is 6.92 Å². The molecule has 0 saturated carbocycles. The SMILES string of the molecule is CN=C(C(=O)NC(NCc1ccc(F)c(F)c1)=C(C)C)C(C)=CN. The molecule has 0 spiro atoms. The molecule has 0 fully saturated rings. The fourth-order valence-electron chi connectivity index (χ4n) is 1.89. The number of carbonyl (C=O) groups excluding carboxylic acids is 1. The maximum absolute atomic E-state index is 13.2. The molecule has 0 aromatic heterocycles. The van der Waals surface area contributed by atoms with Crippen LogP contribution in [0.4, 0.5) is 8.78 Å². The van der Waals surface area contributed by atoms with Crippen molar-refractivity contribution in [3.63, 3.8) is 0 Å². The van der Waals surface area contributed by atoms with Gasteiger partial charge in [0.15, 0.2) is 11.6 Å². The molecule has 130 valence electrons. The number of halogens is 2. The molecule has 0 aliphatic heterocycles. The molecule has 1 amide bonds. The van der Waals surface area contributed by atoms with Crippen LogP contribution in [0.15, 0.2) is 46.4 Å². The van der Waals surface area contributed by atoms with Crippen LogP contribution < -0.4 is 16.4 Å². The van der Waals surface area contributed by atoms with Crippen LogP contribution in [0, 0.1) is 11.6 Å². The van der Waals surface area contributed by atoms with Crippen LogP contribution in [-0.4, -0.2) is 18.7 Å². The summed E-state index contributed by atoms with van der Waals surface area (Å²) in [4.78, 5) is 16.2. The van der Waals surface area contributed by atoms with Gasteiger partial charge in [-0.1, -0.05) is 6.07 Å². The third kappa shape index (κ3) is 5.19. The van der Waals surface area contributed by atoms with E-state index in [1.165, 1.54) is 19.3 Å². The number of nitrogens with zero attached hydrogens (tertiary/aromatic N) is 1. The zero-order valence-electron chi connectivity index (χ0n) is 14.2. The van der Waals surface area contributed by atoms with Crippen molar-refractivity contribution in [2.75, 3.05) is 7.05 Å². The number of rotatable bonds is 6. The van der Waals surface area contributed by atoms with Gasteiger partial charge in [0.25, 0.3) is 5.91 Å². The minimum Gasteiger partial charge on any atom is -0.404 e. The number of allylic oxidation sites excluding steroid dienone is 1. The normalized spacial score (nSPS) is 11.9. The van der Waals surface area contributed by atoms with Gasteiger partial charge in [-0.2, -0.15) is 0 Å². The van der Waals surface area contributed by atoms with Gasteiger partial charge in [0.1, 0.15) is 11.5 Å². The average Bonchev–Trinajstić information content (AvgIpc) is 2.54. The quantitative estimate of drug-likeness (QED) is 0.698. The summed E-state index contributed by atoms with van der Waals surface area (Å²) in [5.74, 6) is -1.76. The molecule has 0 bridgehead atoms. The van der Waals surface area contributed by atoms with E-state index < -0.39 is 17.5 Å². The molecule has 24 heavy (non-hydrogen) atoms. The van der Waals surface area contributed by atoms with Crippen molar-refractivity contribution in [2.24, 2.45) is 10.7 Å². The topological polar surface area (TPSA) is 79.5 Å². The zero-order valence-corrected chi connectivity index (χ0v) is 14.2. The maximum atomic E-state index is 13.2. The Balaban J connectivity index is 2.84. The van der Waals surface area contributed by atoms with Crippen molar-refractivity contribution in [3.8, 4) is 0 Å². The molecule has 0 aliphatic carbocycles. The minimum absolute atomic E-state index is 0.214. The van der Waals surface area contributed by atoms with Crippen molar-refractivity contribution in [1.82, 2.24) is 10.6 Å². The van der Waals surface area contributed by atoms with E-state index >= 15 is 0 Å². The number of hydrogen-bond acceptors (Lipinski definition) is 4. The van der Waals surface area contributed by atoms with E-state index in [0.717, 1.165) is 17.7 Å². The van der Waals surface area contributed by atoms with Gasteiger partial charge < -0.3 is 16.4 Å². The standard InChI is InChI=1S/C17H22F2N4O/c1-10(2)16(23-17(24)15(21-4)11(3)8-20)22-9-12-5-6-13(18)14(19)7-12/h5-8,22H,9,20H2,1-4H3,(H,23,24). The number of nitrogens with two attached hydrogens (primary N) is 1. The lowest BCUT2D eigenvalue weighted by atomic mass is 10.2.